The molecule has 2 aromatic heterocycles. The van der Waals surface area contributed by atoms with Crippen molar-refractivity contribution in [1.82, 2.24) is 9.55 Å². The van der Waals surface area contributed by atoms with E-state index in [1.807, 2.05) is 23.7 Å². The molecule has 2 heterocycles. The molecule has 0 bridgehead atoms. The molecular weight excluding hydrogens is 326 g/mol. The number of esters is 1. The maximum absolute atomic E-state index is 12.8. The third kappa shape index (κ3) is 3.62. The fourth-order valence-electron chi connectivity index (χ4n) is 4.48. The highest BCUT2D eigenvalue weighted by Gasteiger charge is 2.34. The Kier molecular flexibility index (Phi) is 5.64. The van der Waals surface area contributed by atoms with Gasteiger partial charge in [0.25, 0.3) is 0 Å². The second kappa shape index (κ2) is 7.77. The van der Waals surface area contributed by atoms with Gasteiger partial charge in [-0.1, -0.05) is 34.1 Å². The molecule has 5 nitrogen and oxygen atoms in total. The first-order valence-electron chi connectivity index (χ1n) is 9.93. The Hall–Kier alpha value is -1.91. The lowest BCUT2D eigenvalue weighted by Crippen LogP contribution is -2.45. The molecule has 1 aliphatic carbocycles. The van der Waals surface area contributed by atoms with E-state index in [0.717, 1.165) is 36.3 Å². The zero-order valence-corrected chi connectivity index (χ0v) is 16.7. The van der Waals surface area contributed by atoms with Gasteiger partial charge in [0.2, 0.25) is 5.82 Å². The normalized spacial score (nSPS) is 23.5. The summed E-state index contributed by atoms with van der Waals surface area (Å²) < 4.78 is 10.1. The van der Waals surface area contributed by atoms with Crippen LogP contribution in [0.4, 0.5) is 0 Å². The van der Waals surface area contributed by atoms with E-state index in [0.29, 0.717) is 17.8 Å². The predicted octanol–water partition coefficient (Wildman–Crippen LogP) is 3.43. The zero-order valence-electron chi connectivity index (χ0n) is 16.7. The van der Waals surface area contributed by atoms with Crippen LogP contribution >= 0.6 is 0 Å². The summed E-state index contributed by atoms with van der Waals surface area (Å²) in [5, 5.41) is 0. The highest BCUT2D eigenvalue weighted by atomic mass is 16.5. The number of carbonyl (C=O) groups is 1. The van der Waals surface area contributed by atoms with Gasteiger partial charge in [0.15, 0.2) is 12.1 Å². The van der Waals surface area contributed by atoms with Gasteiger partial charge in [-0.3, -0.25) is 4.57 Å². The van der Waals surface area contributed by atoms with Crippen molar-refractivity contribution < 1.29 is 14.1 Å². The minimum Gasteiger partial charge on any atom is -0.460 e. The lowest BCUT2D eigenvalue weighted by molar-refractivity contribution is -0.670. The third-order valence-corrected chi connectivity index (χ3v) is 5.93. The number of rotatable bonds is 5. The Morgan fingerprint density at radius 2 is 2.19 bits per heavy atom. The number of ether oxygens (including phenoxy) is 1. The summed E-state index contributed by atoms with van der Waals surface area (Å²) in [6.07, 6.45) is 6.03. The molecule has 1 aliphatic rings. The number of carbonyl (C=O) groups excluding carboxylic acids is 1. The van der Waals surface area contributed by atoms with E-state index in [1.54, 1.807) is 6.20 Å². The van der Waals surface area contributed by atoms with E-state index in [-0.39, 0.29) is 18.6 Å². The number of hydrogen-bond donors (Lipinski definition) is 0. The smallest absolute Gasteiger partial charge is 0.341 e. The van der Waals surface area contributed by atoms with Gasteiger partial charge < -0.3 is 4.74 Å². The predicted molar refractivity (Wildman–Crippen MR) is 102 cm³/mol. The molecule has 2 aromatic rings. The maximum Gasteiger partial charge on any atom is 0.341 e. The van der Waals surface area contributed by atoms with Crippen LogP contribution in [0.25, 0.3) is 11.2 Å². The fraction of sp³-hybridized carbons (Fsp3) is 0.667. The SMILES string of the molecule is CCc1n(C)c2cccnc2[n+]1CC(=O)O[C@@H]1C[C@H](C)CC[C@H]1C(C)C. The summed E-state index contributed by atoms with van der Waals surface area (Å²) in [6, 6.07) is 3.97. The third-order valence-electron chi connectivity index (χ3n) is 5.93. The van der Waals surface area contributed by atoms with Gasteiger partial charge in [-0.2, -0.15) is 0 Å². The van der Waals surface area contributed by atoms with Crippen molar-refractivity contribution in [3.8, 4) is 0 Å². The minimum atomic E-state index is -0.146. The quantitative estimate of drug-likeness (QED) is 0.608. The second-order valence-corrected chi connectivity index (χ2v) is 8.12. The van der Waals surface area contributed by atoms with E-state index in [9.17, 15) is 4.79 Å². The molecular formula is C21H32N3O2+. The molecule has 0 aliphatic heterocycles. The molecule has 142 valence electrons. The number of nitrogens with zero attached hydrogens (tertiary/aromatic N) is 3. The van der Waals surface area contributed by atoms with Crippen LogP contribution < -0.4 is 4.57 Å². The van der Waals surface area contributed by atoms with Crippen LogP contribution in [0, 0.1) is 17.8 Å². The van der Waals surface area contributed by atoms with Crippen molar-refractivity contribution in [2.45, 2.75) is 66.0 Å². The van der Waals surface area contributed by atoms with Gasteiger partial charge in [-0.25, -0.2) is 9.36 Å². The second-order valence-electron chi connectivity index (χ2n) is 8.12. The Labute approximate surface area is 156 Å². The molecule has 5 heteroatoms. The number of fused-ring (bicyclic) bond motifs is 1. The van der Waals surface area contributed by atoms with Crippen molar-refractivity contribution in [2.24, 2.45) is 24.8 Å². The topological polar surface area (TPSA) is 48.0 Å². The molecule has 1 saturated carbocycles. The first kappa shape index (κ1) is 18.9. The first-order chi connectivity index (χ1) is 12.4. The van der Waals surface area contributed by atoms with Gasteiger partial charge in [-0.15, -0.1) is 4.98 Å². The van der Waals surface area contributed by atoms with Crippen molar-refractivity contribution >= 4 is 17.1 Å². The Balaban J connectivity index is 1.81. The molecule has 0 aromatic carbocycles. The number of aromatic nitrogens is 3. The number of pyridine rings is 1. The Morgan fingerprint density at radius 1 is 1.42 bits per heavy atom. The molecule has 1 fully saturated rings. The average Bonchev–Trinajstić information content (AvgIpc) is 2.86. The zero-order chi connectivity index (χ0) is 18.8. The van der Waals surface area contributed by atoms with Crippen molar-refractivity contribution in [2.75, 3.05) is 0 Å². The van der Waals surface area contributed by atoms with Crippen molar-refractivity contribution in [1.29, 1.82) is 0 Å². The maximum atomic E-state index is 12.8. The molecule has 26 heavy (non-hydrogen) atoms. The summed E-state index contributed by atoms with van der Waals surface area (Å²) in [4.78, 5) is 17.3. The standard InChI is InChI=1S/C21H32N3O2/c1-6-19-23(5)17-8-7-11-22-21(17)24(19)13-20(25)26-18-12-15(4)9-10-16(18)14(2)3/h7-8,11,14-16,18H,6,9-10,12-13H2,1-5H3/q+1/t15-,16+,18-/m1/s1. The number of imidazole rings is 1. The molecule has 0 radical (unpaired) electrons. The lowest BCUT2D eigenvalue weighted by atomic mass is 9.75. The van der Waals surface area contributed by atoms with E-state index in [2.05, 4.69) is 37.2 Å². The molecule has 0 saturated heterocycles. The fourth-order valence-corrected chi connectivity index (χ4v) is 4.48. The van der Waals surface area contributed by atoms with Gasteiger partial charge >= 0.3 is 11.6 Å². The van der Waals surface area contributed by atoms with E-state index in [1.165, 1.54) is 6.42 Å². The van der Waals surface area contributed by atoms with Crippen LogP contribution in [0.1, 0.15) is 52.8 Å². The molecule has 3 rings (SSSR count). The summed E-state index contributed by atoms with van der Waals surface area (Å²) in [5.41, 5.74) is 1.89. The van der Waals surface area contributed by atoms with Crippen molar-refractivity contribution in [3.63, 3.8) is 0 Å². The highest BCUT2D eigenvalue weighted by Crippen LogP contribution is 2.35. The van der Waals surface area contributed by atoms with Crippen LogP contribution in [0.15, 0.2) is 18.3 Å². The van der Waals surface area contributed by atoms with E-state index < -0.39 is 0 Å². The van der Waals surface area contributed by atoms with Crippen LogP contribution in [0.2, 0.25) is 0 Å². The Morgan fingerprint density at radius 3 is 2.88 bits per heavy atom. The van der Waals surface area contributed by atoms with E-state index >= 15 is 0 Å². The lowest BCUT2D eigenvalue weighted by Gasteiger charge is -2.36. The summed E-state index contributed by atoms with van der Waals surface area (Å²) in [6.45, 7) is 9.07. The molecule has 3 atom stereocenters. The van der Waals surface area contributed by atoms with E-state index in [4.69, 9.17) is 4.74 Å². The van der Waals surface area contributed by atoms with Gasteiger partial charge in [-0.05, 0) is 42.7 Å². The monoisotopic (exact) mass is 358 g/mol. The van der Waals surface area contributed by atoms with Crippen LogP contribution in [-0.4, -0.2) is 21.6 Å². The van der Waals surface area contributed by atoms with Crippen LogP contribution in [-0.2, 0) is 29.5 Å². The van der Waals surface area contributed by atoms with Crippen molar-refractivity contribution in [3.05, 3.63) is 24.2 Å². The van der Waals surface area contributed by atoms with Gasteiger partial charge in [0, 0.05) is 6.42 Å². The first-order valence-corrected chi connectivity index (χ1v) is 9.93. The largest absolute Gasteiger partial charge is 0.460 e. The molecule has 0 spiro atoms. The minimum absolute atomic E-state index is 0.0415. The average molecular weight is 359 g/mol. The van der Waals surface area contributed by atoms with Gasteiger partial charge in [0.05, 0.1) is 7.05 Å². The van der Waals surface area contributed by atoms with Crippen LogP contribution in [0.3, 0.4) is 0 Å². The Bertz CT molecular complexity index is 781. The van der Waals surface area contributed by atoms with Crippen LogP contribution in [0.5, 0.6) is 0 Å². The summed E-state index contributed by atoms with van der Waals surface area (Å²) in [5.74, 6) is 2.58. The summed E-state index contributed by atoms with van der Waals surface area (Å²) >= 11 is 0. The number of hydrogen-bond acceptors (Lipinski definition) is 3. The summed E-state index contributed by atoms with van der Waals surface area (Å²) in [7, 11) is 2.03. The molecule has 0 N–H and O–H groups in total. The molecule has 0 amide bonds. The highest BCUT2D eigenvalue weighted by molar-refractivity contribution is 5.71. The molecule has 0 unspecified atom stereocenters. The number of aryl methyl sites for hydroxylation is 1. The van der Waals surface area contributed by atoms with Gasteiger partial charge in [0.1, 0.15) is 12.3 Å².